The topological polar surface area (TPSA) is 59.9 Å². The van der Waals surface area contributed by atoms with Crippen molar-refractivity contribution in [3.8, 4) is 5.75 Å². The quantitative estimate of drug-likeness (QED) is 0.540. The van der Waals surface area contributed by atoms with Crippen LogP contribution in [0.1, 0.15) is 12.5 Å². The van der Waals surface area contributed by atoms with Crippen molar-refractivity contribution >= 4 is 33.7 Å². The zero-order chi connectivity index (χ0) is 18.2. The summed E-state index contributed by atoms with van der Waals surface area (Å²) in [4.78, 5) is 17.1. The Morgan fingerprint density at radius 2 is 1.80 bits per heavy atom. The first-order chi connectivity index (χ1) is 11.9. The molecule has 25 heavy (non-hydrogen) atoms. The largest absolute Gasteiger partial charge is 0.435 e. The molecule has 2 rings (SSSR count). The lowest BCUT2D eigenvalue weighted by Crippen LogP contribution is -2.26. The molecule has 132 valence electrons. The van der Waals surface area contributed by atoms with Crippen LogP contribution >= 0.6 is 15.9 Å². The van der Waals surface area contributed by atoms with Gasteiger partial charge in [-0.05, 0) is 61.0 Å². The van der Waals surface area contributed by atoms with Crippen LogP contribution in [-0.2, 0) is 9.63 Å². The standard InChI is InChI=1S/C17H15BrF2N2O3/c1-11(16(23)22-14-6-4-13(18)5-7-14)25-21-10-12-2-8-15(9-3-12)24-17(19)20/h2-11,17H,1H3,(H,22,23)/b21-10-/t11-/m1/s1. The number of nitrogens with zero attached hydrogens (tertiary/aromatic N) is 1. The molecule has 0 heterocycles. The van der Waals surface area contributed by atoms with Crippen molar-refractivity contribution in [1.82, 2.24) is 0 Å². The first-order valence-corrected chi connectivity index (χ1v) is 8.04. The van der Waals surface area contributed by atoms with E-state index in [9.17, 15) is 13.6 Å². The summed E-state index contributed by atoms with van der Waals surface area (Å²) in [6.07, 6.45) is 0.566. The predicted octanol–water partition coefficient (Wildman–Crippen LogP) is 4.43. The summed E-state index contributed by atoms with van der Waals surface area (Å²) >= 11 is 3.31. The molecule has 0 saturated heterocycles. The minimum Gasteiger partial charge on any atom is -0.435 e. The molecule has 0 saturated carbocycles. The van der Waals surface area contributed by atoms with E-state index in [2.05, 4.69) is 31.1 Å². The van der Waals surface area contributed by atoms with Crippen LogP contribution in [0.4, 0.5) is 14.5 Å². The minimum atomic E-state index is -2.87. The van der Waals surface area contributed by atoms with E-state index in [1.807, 2.05) is 0 Å². The van der Waals surface area contributed by atoms with Crippen molar-refractivity contribution in [3.05, 3.63) is 58.6 Å². The first kappa shape index (κ1) is 18.9. The van der Waals surface area contributed by atoms with E-state index in [0.29, 0.717) is 11.3 Å². The fourth-order valence-corrected chi connectivity index (χ4v) is 2.01. The third-order valence-electron chi connectivity index (χ3n) is 3.01. The Morgan fingerprint density at radius 3 is 2.40 bits per heavy atom. The second-order valence-corrected chi connectivity index (χ2v) is 5.84. The zero-order valence-corrected chi connectivity index (χ0v) is 14.7. The van der Waals surface area contributed by atoms with Crippen LogP contribution in [0.2, 0.25) is 0 Å². The number of carbonyl (C=O) groups is 1. The number of hydrogen-bond acceptors (Lipinski definition) is 4. The minimum absolute atomic E-state index is 0.0512. The fourth-order valence-electron chi connectivity index (χ4n) is 1.74. The Bertz CT molecular complexity index is 722. The van der Waals surface area contributed by atoms with Gasteiger partial charge in [0.25, 0.3) is 5.91 Å². The van der Waals surface area contributed by atoms with E-state index < -0.39 is 12.7 Å². The third kappa shape index (κ3) is 6.50. The van der Waals surface area contributed by atoms with Crippen LogP contribution in [0.3, 0.4) is 0 Å². The molecule has 8 heteroatoms. The maximum atomic E-state index is 12.1. The van der Waals surface area contributed by atoms with Gasteiger partial charge in [-0.1, -0.05) is 21.1 Å². The summed E-state index contributed by atoms with van der Waals surface area (Å²) < 4.78 is 29.3. The monoisotopic (exact) mass is 412 g/mol. The molecule has 5 nitrogen and oxygen atoms in total. The number of ether oxygens (including phenoxy) is 1. The normalized spacial score (nSPS) is 12.2. The molecule has 0 aliphatic carbocycles. The molecule has 1 N–H and O–H groups in total. The van der Waals surface area contributed by atoms with Gasteiger partial charge < -0.3 is 14.9 Å². The summed E-state index contributed by atoms with van der Waals surface area (Å²) in [6, 6.07) is 13.0. The van der Waals surface area contributed by atoms with Gasteiger partial charge in [-0.2, -0.15) is 8.78 Å². The van der Waals surface area contributed by atoms with E-state index in [-0.39, 0.29) is 11.7 Å². The Balaban J connectivity index is 1.83. The van der Waals surface area contributed by atoms with E-state index in [1.54, 1.807) is 31.2 Å². The second-order valence-electron chi connectivity index (χ2n) is 4.93. The highest BCUT2D eigenvalue weighted by Gasteiger charge is 2.14. The second kappa shape index (κ2) is 9.12. The molecule has 0 aliphatic rings. The summed E-state index contributed by atoms with van der Waals surface area (Å²) in [6.45, 7) is -1.31. The third-order valence-corrected chi connectivity index (χ3v) is 3.54. The lowest BCUT2D eigenvalue weighted by Gasteiger charge is -2.10. The van der Waals surface area contributed by atoms with Crippen LogP contribution in [0.15, 0.2) is 58.2 Å². The van der Waals surface area contributed by atoms with Gasteiger partial charge in [0, 0.05) is 10.2 Å². The van der Waals surface area contributed by atoms with Gasteiger partial charge in [0.15, 0.2) is 0 Å². The number of amides is 1. The molecule has 1 atom stereocenters. The number of nitrogens with one attached hydrogen (secondary N) is 1. The smallest absolute Gasteiger partial charge is 0.387 e. The fraction of sp³-hybridized carbons (Fsp3) is 0.176. The van der Waals surface area contributed by atoms with Crippen LogP contribution in [0.25, 0.3) is 0 Å². The maximum Gasteiger partial charge on any atom is 0.387 e. The lowest BCUT2D eigenvalue weighted by atomic mass is 10.2. The molecule has 2 aromatic carbocycles. The van der Waals surface area contributed by atoms with Gasteiger partial charge in [0.05, 0.1) is 6.21 Å². The number of carbonyl (C=O) groups excluding carboxylic acids is 1. The highest BCUT2D eigenvalue weighted by atomic mass is 79.9. The molecule has 2 aromatic rings. The number of rotatable bonds is 7. The summed E-state index contributed by atoms with van der Waals surface area (Å²) in [5, 5.41) is 6.42. The predicted molar refractivity (Wildman–Crippen MR) is 94.0 cm³/mol. The van der Waals surface area contributed by atoms with Gasteiger partial charge in [-0.3, -0.25) is 4.79 Å². The molecule has 0 unspecified atom stereocenters. The Labute approximate surface area is 151 Å². The van der Waals surface area contributed by atoms with Crippen molar-refractivity contribution in [2.75, 3.05) is 5.32 Å². The molecule has 0 spiro atoms. The Kier molecular flexibility index (Phi) is 6.88. The van der Waals surface area contributed by atoms with E-state index in [4.69, 9.17) is 4.84 Å². The van der Waals surface area contributed by atoms with Crippen LogP contribution in [-0.4, -0.2) is 24.8 Å². The van der Waals surface area contributed by atoms with E-state index in [1.165, 1.54) is 30.5 Å². The average Bonchev–Trinajstić information content (AvgIpc) is 2.58. The summed E-state index contributed by atoms with van der Waals surface area (Å²) in [5.41, 5.74) is 1.25. The van der Waals surface area contributed by atoms with Gasteiger partial charge >= 0.3 is 6.61 Å². The molecular weight excluding hydrogens is 398 g/mol. The van der Waals surface area contributed by atoms with Crippen molar-refractivity contribution in [3.63, 3.8) is 0 Å². The number of alkyl halides is 2. The van der Waals surface area contributed by atoms with Crippen LogP contribution in [0.5, 0.6) is 5.75 Å². The van der Waals surface area contributed by atoms with Crippen molar-refractivity contribution in [2.45, 2.75) is 19.6 Å². The average molecular weight is 413 g/mol. The first-order valence-electron chi connectivity index (χ1n) is 7.24. The lowest BCUT2D eigenvalue weighted by molar-refractivity contribution is -0.126. The summed E-state index contributed by atoms with van der Waals surface area (Å²) in [5.74, 6) is -0.296. The molecule has 0 aliphatic heterocycles. The highest BCUT2D eigenvalue weighted by Crippen LogP contribution is 2.15. The molecule has 0 radical (unpaired) electrons. The molecule has 0 fully saturated rings. The van der Waals surface area contributed by atoms with Crippen molar-refractivity contribution in [2.24, 2.45) is 5.16 Å². The number of benzene rings is 2. The molecule has 1 amide bonds. The SMILES string of the molecule is C[C@@H](O/N=C\c1ccc(OC(F)F)cc1)C(=O)Nc1ccc(Br)cc1. The van der Waals surface area contributed by atoms with Gasteiger partial charge in [0.1, 0.15) is 5.75 Å². The van der Waals surface area contributed by atoms with Gasteiger partial charge in [-0.25, -0.2) is 0 Å². The zero-order valence-electron chi connectivity index (χ0n) is 13.2. The van der Waals surface area contributed by atoms with Gasteiger partial charge in [-0.15, -0.1) is 0 Å². The number of oxime groups is 1. The summed E-state index contributed by atoms with van der Waals surface area (Å²) in [7, 11) is 0. The Hall–Kier alpha value is -2.48. The van der Waals surface area contributed by atoms with Gasteiger partial charge in [0.2, 0.25) is 6.10 Å². The Morgan fingerprint density at radius 1 is 1.16 bits per heavy atom. The van der Waals surface area contributed by atoms with Crippen LogP contribution in [0, 0.1) is 0 Å². The molecule has 0 aromatic heterocycles. The van der Waals surface area contributed by atoms with E-state index in [0.717, 1.165) is 4.47 Å². The van der Waals surface area contributed by atoms with Crippen LogP contribution < -0.4 is 10.1 Å². The maximum absolute atomic E-state index is 12.1. The number of hydrogen-bond donors (Lipinski definition) is 1. The molecular formula is C17H15BrF2N2O3. The molecule has 0 bridgehead atoms. The highest BCUT2D eigenvalue weighted by molar-refractivity contribution is 9.10. The number of halogens is 3. The van der Waals surface area contributed by atoms with Crippen molar-refractivity contribution < 1.29 is 23.1 Å². The van der Waals surface area contributed by atoms with Crippen molar-refractivity contribution in [1.29, 1.82) is 0 Å². The number of anilines is 1. The van der Waals surface area contributed by atoms with E-state index >= 15 is 0 Å².